The third-order valence-electron chi connectivity index (χ3n) is 4.53. The van der Waals surface area contributed by atoms with E-state index in [0.717, 1.165) is 5.56 Å². The maximum atomic E-state index is 12.8. The second-order valence-electron chi connectivity index (χ2n) is 7.24. The number of carbonyl (C=O) groups is 3. The molecule has 0 spiro atoms. The number of nitrogens with one attached hydrogen (secondary N) is 3. The third-order valence-corrected chi connectivity index (χ3v) is 4.53. The molecule has 1 heterocycles. The highest BCUT2D eigenvalue weighted by Crippen LogP contribution is 2.16. The van der Waals surface area contributed by atoms with Crippen molar-refractivity contribution in [1.82, 2.24) is 16.0 Å². The van der Waals surface area contributed by atoms with Gasteiger partial charge in [0.2, 0.25) is 11.8 Å². The Bertz CT molecular complexity index is 665. The fraction of sp³-hybridized carbons (Fsp3) is 0.550. The van der Waals surface area contributed by atoms with E-state index in [2.05, 4.69) is 16.0 Å². The number of amides is 3. The van der Waals surface area contributed by atoms with E-state index < -0.39 is 24.1 Å². The molecular weight excluding hydrogens is 362 g/mol. The molecule has 0 bridgehead atoms. The maximum absolute atomic E-state index is 12.8. The topological polar surface area (TPSA) is 117 Å². The zero-order valence-corrected chi connectivity index (χ0v) is 16.3. The van der Waals surface area contributed by atoms with E-state index in [0.29, 0.717) is 19.4 Å². The molecule has 1 saturated heterocycles. The molecule has 154 valence electrons. The smallest absolute Gasteiger partial charge is 0.408 e. The summed E-state index contributed by atoms with van der Waals surface area (Å²) in [5.74, 6) is -0.724. The maximum Gasteiger partial charge on any atom is 0.408 e. The van der Waals surface area contributed by atoms with E-state index in [9.17, 15) is 19.5 Å². The van der Waals surface area contributed by atoms with Crippen LogP contribution in [0.1, 0.15) is 32.3 Å². The highest BCUT2D eigenvalue weighted by Gasteiger charge is 2.30. The van der Waals surface area contributed by atoms with Crippen molar-refractivity contribution in [2.45, 2.75) is 51.3 Å². The van der Waals surface area contributed by atoms with E-state index in [4.69, 9.17) is 4.74 Å². The summed E-state index contributed by atoms with van der Waals surface area (Å²) in [6, 6.07) is 7.87. The highest BCUT2D eigenvalue weighted by molar-refractivity contribution is 5.86. The predicted molar refractivity (Wildman–Crippen MR) is 103 cm³/mol. The van der Waals surface area contributed by atoms with Gasteiger partial charge in [0.15, 0.2) is 0 Å². The van der Waals surface area contributed by atoms with E-state index in [-0.39, 0.29) is 31.0 Å². The van der Waals surface area contributed by atoms with Gasteiger partial charge in [0.25, 0.3) is 0 Å². The normalized spacial score (nSPS) is 18.3. The van der Waals surface area contributed by atoms with Crippen LogP contribution in [-0.4, -0.2) is 54.4 Å². The van der Waals surface area contributed by atoms with Crippen LogP contribution < -0.4 is 16.0 Å². The predicted octanol–water partition coefficient (Wildman–Crippen LogP) is 0.736. The molecule has 1 aliphatic heterocycles. The Hall–Kier alpha value is -2.61. The quantitative estimate of drug-likeness (QED) is 0.495. The minimum atomic E-state index is -0.861. The van der Waals surface area contributed by atoms with E-state index in [1.807, 2.05) is 30.3 Å². The molecule has 1 aromatic rings. The average Bonchev–Trinajstić information content (AvgIpc) is 3.05. The van der Waals surface area contributed by atoms with Crippen LogP contribution in [0.5, 0.6) is 0 Å². The van der Waals surface area contributed by atoms with Gasteiger partial charge >= 0.3 is 6.09 Å². The van der Waals surface area contributed by atoms with E-state index in [1.54, 1.807) is 13.8 Å². The van der Waals surface area contributed by atoms with Crippen LogP contribution in [0, 0.1) is 5.92 Å². The minimum absolute atomic E-state index is 0.0628. The van der Waals surface area contributed by atoms with Crippen LogP contribution in [-0.2, 0) is 20.7 Å². The Balaban J connectivity index is 2.03. The minimum Gasteiger partial charge on any atom is -0.447 e. The van der Waals surface area contributed by atoms with Gasteiger partial charge in [0, 0.05) is 18.9 Å². The van der Waals surface area contributed by atoms with E-state index in [1.165, 1.54) is 0 Å². The number of ether oxygens (including phenoxy) is 1. The van der Waals surface area contributed by atoms with Crippen LogP contribution in [0.2, 0.25) is 0 Å². The molecule has 0 aliphatic carbocycles. The van der Waals surface area contributed by atoms with Crippen molar-refractivity contribution in [2.75, 3.05) is 13.2 Å². The number of rotatable bonds is 9. The first-order valence-corrected chi connectivity index (χ1v) is 9.59. The summed E-state index contributed by atoms with van der Waals surface area (Å²) in [5.41, 5.74) is 0.878. The number of hydrogen-bond acceptors (Lipinski definition) is 5. The molecule has 8 heteroatoms. The van der Waals surface area contributed by atoms with Crippen molar-refractivity contribution in [3.05, 3.63) is 35.9 Å². The number of carbonyl (C=O) groups excluding carboxylic acids is 3. The number of aliphatic hydroxyl groups excluding tert-OH is 1. The summed E-state index contributed by atoms with van der Waals surface area (Å²) in [6.45, 7) is 3.76. The lowest BCUT2D eigenvalue weighted by atomic mass is 9.98. The van der Waals surface area contributed by atoms with Crippen LogP contribution in [0.25, 0.3) is 0 Å². The van der Waals surface area contributed by atoms with Gasteiger partial charge in [-0.15, -0.1) is 0 Å². The summed E-state index contributed by atoms with van der Waals surface area (Å²) >= 11 is 0. The second-order valence-corrected chi connectivity index (χ2v) is 7.24. The Morgan fingerprint density at radius 2 is 1.96 bits per heavy atom. The molecule has 3 amide bonds. The van der Waals surface area contributed by atoms with Crippen LogP contribution in [0.15, 0.2) is 30.3 Å². The summed E-state index contributed by atoms with van der Waals surface area (Å²) in [7, 11) is 0. The van der Waals surface area contributed by atoms with Crippen LogP contribution >= 0.6 is 0 Å². The first-order chi connectivity index (χ1) is 13.4. The Morgan fingerprint density at radius 1 is 1.25 bits per heavy atom. The van der Waals surface area contributed by atoms with Crippen molar-refractivity contribution in [1.29, 1.82) is 0 Å². The molecule has 0 radical (unpaired) electrons. The molecule has 0 unspecified atom stereocenters. The lowest BCUT2D eigenvalue weighted by Gasteiger charge is -2.24. The second kappa shape index (κ2) is 10.7. The first kappa shape index (κ1) is 21.7. The fourth-order valence-corrected chi connectivity index (χ4v) is 3.14. The van der Waals surface area contributed by atoms with Gasteiger partial charge in [-0.1, -0.05) is 30.3 Å². The number of hydrogen-bond donors (Lipinski definition) is 4. The third kappa shape index (κ3) is 6.84. The van der Waals surface area contributed by atoms with Gasteiger partial charge in [-0.2, -0.15) is 0 Å². The largest absolute Gasteiger partial charge is 0.447 e. The fourth-order valence-electron chi connectivity index (χ4n) is 3.14. The standard InChI is InChI=1S/C20H29N3O5/c1-13(2)28-20(27)23-17(10-14-6-4-3-5-7-14)19(26)22-16(12-24)11-15-8-9-21-18(15)25/h3-7,13,15-17,24H,8-12H2,1-2H3,(H,21,25)(H,22,26)(H,23,27)/t15-,16-,17-/m0/s1. The van der Waals surface area contributed by atoms with Crippen molar-refractivity contribution >= 4 is 17.9 Å². The summed E-state index contributed by atoms with van der Waals surface area (Å²) in [5, 5.41) is 17.7. The molecule has 28 heavy (non-hydrogen) atoms. The zero-order valence-electron chi connectivity index (χ0n) is 16.3. The molecule has 8 nitrogen and oxygen atoms in total. The van der Waals surface area contributed by atoms with Gasteiger partial charge in [0.05, 0.1) is 18.8 Å². The molecule has 1 fully saturated rings. The summed E-state index contributed by atoms with van der Waals surface area (Å²) in [4.78, 5) is 36.6. The van der Waals surface area contributed by atoms with Gasteiger partial charge in [0.1, 0.15) is 6.04 Å². The lowest BCUT2D eigenvalue weighted by molar-refractivity contribution is -0.126. The molecular formula is C20H29N3O5. The highest BCUT2D eigenvalue weighted by atomic mass is 16.6. The van der Waals surface area contributed by atoms with E-state index >= 15 is 0 Å². The zero-order chi connectivity index (χ0) is 20.5. The Labute approximate surface area is 165 Å². The Kier molecular flexibility index (Phi) is 8.25. The van der Waals surface area contributed by atoms with Crippen LogP contribution in [0.3, 0.4) is 0 Å². The molecule has 0 aromatic heterocycles. The van der Waals surface area contributed by atoms with Crippen LogP contribution in [0.4, 0.5) is 4.79 Å². The summed E-state index contributed by atoms with van der Waals surface area (Å²) in [6.07, 6.45) is 0.315. The summed E-state index contributed by atoms with van der Waals surface area (Å²) < 4.78 is 5.09. The number of alkyl carbamates (subject to hydrolysis) is 1. The van der Waals surface area contributed by atoms with Gasteiger partial charge in [-0.25, -0.2) is 4.79 Å². The average molecular weight is 391 g/mol. The van der Waals surface area contributed by atoms with Crippen molar-refractivity contribution in [3.63, 3.8) is 0 Å². The monoisotopic (exact) mass is 391 g/mol. The first-order valence-electron chi connectivity index (χ1n) is 9.59. The molecule has 3 atom stereocenters. The molecule has 1 aliphatic rings. The number of benzene rings is 1. The van der Waals surface area contributed by atoms with Gasteiger partial charge < -0.3 is 25.8 Å². The molecule has 2 rings (SSSR count). The lowest BCUT2D eigenvalue weighted by Crippen LogP contribution is -2.52. The van der Waals surface area contributed by atoms with Crippen molar-refractivity contribution < 1.29 is 24.2 Å². The molecule has 4 N–H and O–H groups in total. The SMILES string of the molecule is CC(C)OC(=O)N[C@@H](Cc1ccccc1)C(=O)N[C@H](CO)C[C@@H]1CCNC1=O. The Morgan fingerprint density at radius 3 is 2.54 bits per heavy atom. The van der Waals surface area contributed by atoms with Gasteiger partial charge in [-0.05, 0) is 32.3 Å². The van der Waals surface area contributed by atoms with Crippen molar-refractivity contribution in [2.24, 2.45) is 5.92 Å². The van der Waals surface area contributed by atoms with Gasteiger partial charge in [-0.3, -0.25) is 9.59 Å². The van der Waals surface area contributed by atoms with Crippen molar-refractivity contribution in [3.8, 4) is 0 Å². The number of aliphatic hydroxyl groups is 1. The molecule has 0 saturated carbocycles. The molecule has 1 aromatic carbocycles.